The first kappa shape index (κ1) is 21.3. The quantitative estimate of drug-likeness (QED) is 0.342. The van der Waals surface area contributed by atoms with Crippen LogP contribution in [-0.2, 0) is 6.61 Å². The second kappa shape index (κ2) is 9.84. The Morgan fingerprint density at radius 1 is 1.00 bits per heavy atom. The molecule has 0 bridgehead atoms. The second-order valence-electron chi connectivity index (χ2n) is 6.62. The van der Waals surface area contributed by atoms with Crippen molar-refractivity contribution in [3.63, 3.8) is 0 Å². The van der Waals surface area contributed by atoms with Crippen LogP contribution in [0.4, 0.5) is 5.69 Å². The Hall–Kier alpha value is -2.45. The van der Waals surface area contributed by atoms with Gasteiger partial charge in [-0.15, -0.1) is 0 Å². The highest BCUT2D eigenvalue weighted by atomic mass is 127. The molecule has 0 unspecified atom stereocenters. The highest BCUT2D eigenvalue weighted by Gasteiger charge is 2.10. The summed E-state index contributed by atoms with van der Waals surface area (Å²) in [6.45, 7) is 4.52. The van der Waals surface area contributed by atoms with Gasteiger partial charge in [-0.3, -0.25) is 10.1 Å². The Morgan fingerprint density at radius 3 is 2.38 bits per heavy atom. The van der Waals surface area contributed by atoms with Gasteiger partial charge in [-0.25, -0.2) is 0 Å². The predicted octanol–water partition coefficient (Wildman–Crippen LogP) is 5.61. The van der Waals surface area contributed by atoms with Crippen LogP contribution in [0.3, 0.4) is 0 Å². The molecule has 3 aromatic carbocycles. The molecule has 0 heterocycles. The third-order valence-electron chi connectivity index (χ3n) is 4.35. The van der Waals surface area contributed by atoms with Gasteiger partial charge >= 0.3 is 0 Å². The van der Waals surface area contributed by atoms with Crippen LogP contribution in [0.25, 0.3) is 0 Å². The van der Waals surface area contributed by atoms with Crippen molar-refractivity contribution >= 4 is 51.5 Å². The molecular weight excluding hydrogens is 495 g/mol. The highest BCUT2D eigenvalue weighted by molar-refractivity contribution is 14.1. The number of carbonyl (C=O) groups excluding carboxylic acids is 1. The molecule has 0 saturated carbocycles. The number of hydrogen-bond acceptors (Lipinski definition) is 3. The van der Waals surface area contributed by atoms with Gasteiger partial charge in [0.05, 0.1) is 0 Å². The van der Waals surface area contributed by atoms with E-state index in [1.165, 1.54) is 3.57 Å². The topological polar surface area (TPSA) is 50.4 Å². The van der Waals surface area contributed by atoms with Crippen LogP contribution >= 0.6 is 34.8 Å². The summed E-state index contributed by atoms with van der Waals surface area (Å²) in [6, 6.07) is 21.0. The molecule has 2 N–H and O–H groups in total. The summed E-state index contributed by atoms with van der Waals surface area (Å²) in [5.74, 6) is 0.438. The molecule has 4 nitrogen and oxygen atoms in total. The minimum Gasteiger partial charge on any atom is -0.489 e. The lowest BCUT2D eigenvalue weighted by Crippen LogP contribution is -2.34. The van der Waals surface area contributed by atoms with Crippen LogP contribution in [0, 0.1) is 17.4 Å². The van der Waals surface area contributed by atoms with Crippen LogP contribution in [0.15, 0.2) is 66.7 Å². The average Bonchev–Trinajstić information content (AvgIpc) is 2.71. The van der Waals surface area contributed by atoms with Gasteiger partial charge in [0.2, 0.25) is 0 Å². The Kier molecular flexibility index (Phi) is 7.22. The van der Waals surface area contributed by atoms with E-state index in [4.69, 9.17) is 17.0 Å². The van der Waals surface area contributed by atoms with Crippen LogP contribution < -0.4 is 15.4 Å². The summed E-state index contributed by atoms with van der Waals surface area (Å²) < 4.78 is 6.94. The predicted molar refractivity (Wildman–Crippen MR) is 130 cm³/mol. The maximum atomic E-state index is 12.5. The lowest BCUT2D eigenvalue weighted by atomic mass is 10.1. The Bertz CT molecular complexity index is 1020. The number of hydrogen-bond donors (Lipinski definition) is 2. The van der Waals surface area contributed by atoms with Crippen molar-refractivity contribution in [2.24, 2.45) is 0 Å². The minimum atomic E-state index is -0.267. The van der Waals surface area contributed by atoms with Gasteiger partial charge in [-0.1, -0.05) is 30.3 Å². The Balaban J connectivity index is 1.56. The first-order valence-corrected chi connectivity index (χ1v) is 10.6. The number of aryl methyl sites for hydroxylation is 2. The van der Waals surface area contributed by atoms with Crippen molar-refractivity contribution in [3.05, 3.63) is 92.6 Å². The van der Waals surface area contributed by atoms with Gasteiger partial charge in [0.1, 0.15) is 12.4 Å². The number of halogens is 1. The standard InChI is InChI=1S/C23H21IN2O2S/c1-15-13-21(16(2)12-20(15)24)25-23(29)26-22(27)18-8-10-19(11-9-18)28-14-17-6-4-3-5-7-17/h3-13H,14H2,1-2H3,(H2,25,26,27,29). The molecule has 0 atom stereocenters. The number of thiocarbonyl (C=S) groups is 1. The lowest BCUT2D eigenvalue weighted by Gasteiger charge is -2.13. The molecule has 1 amide bonds. The van der Waals surface area contributed by atoms with Crippen molar-refractivity contribution in [2.75, 3.05) is 5.32 Å². The molecule has 0 aliphatic heterocycles. The SMILES string of the molecule is Cc1cc(NC(=S)NC(=O)c2ccc(OCc3ccccc3)cc2)c(C)cc1I. The number of anilines is 1. The molecule has 148 valence electrons. The van der Waals surface area contributed by atoms with Crippen molar-refractivity contribution < 1.29 is 9.53 Å². The fraction of sp³-hybridized carbons (Fsp3) is 0.130. The van der Waals surface area contributed by atoms with E-state index in [-0.39, 0.29) is 11.0 Å². The number of ether oxygens (including phenoxy) is 1. The van der Waals surface area contributed by atoms with E-state index < -0.39 is 0 Å². The van der Waals surface area contributed by atoms with Crippen molar-refractivity contribution in [1.82, 2.24) is 5.32 Å². The third-order valence-corrected chi connectivity index (χ3v) is 5.71. The van der Waals surface area contributed by atoms with Crippen molar-refractivity contribution in [2.45, 2.75) is 20.5 Å². The third kappa shape index (κ3) is 6.01. The zero-order valence-corrected chi connectivity index (χ0v) is 19.1. The minimum absolute atomic E-state index is 0.267. The van der Waals surface area contributed by atoms with E-state index in [0.29, 0.717) is 17.9 Å². The van der Waals surface area contributed by atoms with E-state index >= 15 is 0 Å². The van der Waals surface area contributed by atoms with E-state index in [2.05, 4.69) is 39.3 Å². The molecule has 3 aromatic rings. The fourth-order valence-electron chi connectivity index (χ4n) is 2.69. The van der Waals surface area contributed by atoms with Crippen LogP contribution in [0.5, 0.6) is 5.75 Å². The van der Waals surface area contributed by atoms with Gasteiger partial charge < -0.3 is 10.1 Å². The van der Waals surface area contributed by atoms with Crippen molar-refractivity contribution in [3.8, 4) is 5.75 Å². The van der Waals surface area contributed by atoms with Crippen LogP contribution in [-0.4, -0.2) is 11.0 Å². The summed E-state index contributed by atoms with van der Waals surface area (Å²) in [5.41, 5.74) is 4.71. The first-order valence-electron chi connectivity index (χ1n) is 9.08. The zero-order chi connectivity index (χ0) is 20.8. The highest BCUT2D eigenvalue weighted by Crippen LogP contribution is 2.22. The average molecular weight is 516 g/mol. The molecule has 0 aromatic heterocycles. The summed E-state index contributed by atoms with van der Waals surface area (Å²) in [5, 5.41) is 6.09. The van der Waals surface area contributed by atoms with E-state index in [9.17, 15) is 4.79 Å². The van der Waals surface area contributed by atoms with Gasteiger partial charge in [-0.05, 0) is 102 Å². The Morgan fingerprint density at radius 2 is 1.69 bits per heavy atom. The van der Waals surface area contributed by atoms with Crippen molar-refractivity contribution in [1.29, 1.82) is 0 Å². The molecule has 0 saturated heterocycles. The monoisotopic (exact) mass is 516 g/mol. The fourth-order valence-corrected chi connectivity index (χ4v) is 3.51. The van der Waals surface area contributed by atoms with Gasteiger partial charge in [-0.2, -0.15) is 0 Å². The van der Waals surface area contributed by atoms with Gasteiger partial charge in [0.15, 0.2) is 5.11 Å². The number of carbonyl (C=O) groups is 1. The number of nitrogens with one attached hydrogen (secondary N) is 2. The Labute approximate surface area is 189 Å². The van der Waals surface area contributed by atoms with Crippen LogP contribution in [0.2, 0.25) is 0 Å². The maximum Gasteiger partial charge on any atom is 0.257 e. The first-order chi connectivity index (χ1) is 13.9. The van der Waals surface area contributed by atoms with Crippen LogP contribution in [0.1, 0.15) is 27.0 Å². The number of amides is 1. The molecular formula is C23H21IN2O2S. The van der Waals surface area contributed by atoms with E-state index in [1.54, 1.807) is 24.3 Å². The van der Waals surface area contributed by atoms with E-state index in [0.717, 1.165) is 22.4 Å². The molecule has 0 aliphatic carbocycles. The van der Waals surface area contributed by atoms with Gasteiger partial charge in [0.25, 0.3) is 5.91 Å². The zero-order valence-electron chi connectivity index (χ0n) is 16.2. The van der Waals surface area contributed by atoms with Gasteiger partial charge in [0, 0.05) is 14.8 Å². The summed E-state index contributed by atoms with van der Waals surface area (Å²) in [6.07, 6.45) is 0. The molecule has 0 fully saturated rings. The lowest BCUT2D eigenvalue weighted by molar-refractivity contribution is 0.0977. The summed E-state index contributed by atoms with van der Waals surface area (Å²) >= 11 is 7.60. The molecule has 0 spiro atoms. The number of benzene rings is 3. The largest absolute Gasteiger partial charge is 0.489 e. The smallest absolute Gasteiger partial charge is 0.257 e. The summed E-state index contributed by atoms with van der Waals surface area (Å²) in [7, 11) is 0. The molecule has 3 rings (SSSR count). The maximum absolute atomic E-state index is 12.5. The summed E-state index contributed by atoms with van der Waals surface area (Å²) in [4.78, 5) is 12.5. The molecule has 0 radical (unpaired) electrons. The van der Waals surface area contributed by atoms with E-state index in [1.807, 2.05) is 50.2 Å². The molecule has 6 heteroatoms. The number of rotatable bonds is 5. The second-order valence-corrected chi connectivity index (χ2v) is 8.19. The molecule has 0 aliphatic rings. The molecule has 29 heavy (non-hydrogen) atoms. The normalized spacial score (nSPS) is 10.3.